The lowest BCUT2D eigenvalue weighted by Crippen LogP contribution is -2.17. The quantitative estimate of drug-likeness (QED) is 0.709. The van der Waals surface area contributed by atoms with E-state index >= 15 is 0 Å². The van der Waals surface area contributed by atoms with Crippen LogP contribution in [0.2, 0.25) is 0 Å². The first-order valence-corrected chi connectivity index (χ1v) is 7.99. The highest BCUT2D eigenvalue weighted by Crippen LogP contribution is 2.30. The molecule has 1 aromatic rings. The van der Waals surface area contributed by atoms with E-state index in [-0.39, 0.29) is 5.41 Å². The van der Waals surface area contributed by atoms with Crippen molar-refractivity contribution < 1.29 is 0 Å². The maximum atomic E-state index is 5.35. The van der Waals surface area contributed by atoms with Crippen LogP contribution in [0.4, 0.5) is 0 Å². The van der Waals surface area contributed by atoms with Gasteiger partial charge in [0, 0.05) is 17.0 Å². The van der Waals surface area contributed by atoms with E-state index in [2.05, 4.69) is 30.7 Å². The highest BCUT2D eigenvalue weighted by Gasteiger charge is 2.20. The van der Waals surface area contributed by atoms with Crippen LogP contribution in [0.15, 0.2) is 6.07 Å². The van der Waals surface area contributed by atoms with E-state index in [0.717, 1.165) is 10.5 Å². The second kappa shape index (κ2) is 6.17. The first kappa shape index (κ1) is 14.7. The molecule has 0 saturated heterocycles. The zero-order chi connectivity index (χ0) is 13.9. The maximum Gasteiger partial charge on any atom is 0.130 e. The SMILES string of the molecule is CC(C)(C)c1cc(=S)nc(C2CCCCCCC2)[nH]1. The van der Waals surface area contributed by atoms with Gasteiger partial charge in [0.15, 0.2) is 0 Å². The summed E-state index contributed by atoms with van der Waals surface area (Å²) in [6.07, 6.45) is 9.31. The molecule has 1 aliphatic rings. The van der Waals surface area contributed by atoms with Gasteiger partial charge in [-0.1, -0.05) is 65.1 Å². The Bertz CT molecular complexity index is 462. The van der Waals surface area contributed by atoms with E-state index in [0.29, 0.717) is 5.92 Å². The Hall–Kier alpha value is -0.700. The van der Waals surface area contributed by atoms with Gasteiger partial charge in [-0.2, -0.15) is 0 Å². The highest BCUT2D eigenvalue weighted by atomic mass is 32.1. The van der Waals surface area contributed by atoms with Gasteiger partial charge in [0.1, 0.15) is 10.5 Å². The Morgan fingerprint density at radius 3 is 2.26 bits per heavy atom. The second-order valence-corrected chi connectivity index (χ2v) is 7.23. The second-order valence-electron chi connectivity index (χ2n) is 6.81. The average Bonchev–Trinajstić information content (AvgIpc) is 2.26. The summed E-state index contributed by atoms with van der Waals surface area (Å²) in [4.78, 5) is 8.17. The molecule has 1 aliphatic carbocycles. The Kier molecular flexibility index (Phi) is 4.77. The smallest absolute Gasteiger partial charge is 0.130 e. The number of aromatic nitrogens is 2. The van der Waals surface area contributed by atoms with Crippen molar-refractivity contribution in [3.63, 3.8) is 0 Å². The molecule has 0 aliphatic heterocycles. The third-order valence-electron chi connectivity index (χ3n) is 4.06. The molecule has 0 atom stereocenters. The van der Waals surface area contributed by atoms with Gasteiger partial charge in [0.2, 0.25) is 0 Å². The van der Waals surface area contributed by atoms with Gasteiger partial charge >= 0.3 is 0 Å². The predicted molar refractivity (Wildman–Crippen MR) is 83.2 cm³/mol. The molecule has 3 heteroatoms. The van der Waals surface area contributed by atoms with Crippen LogP contribution < -0.4 is 0 Å². The van der Waals surface area contributed by atoms with E-state index in [9.17, 15) is 0 Å². The fourth-order valence-electron chi connectivity index (χ4n) is 2.80. The van der Waals surface area contributed by atoms with Crippen LogP contribution >= 0.6 is 12.2 Å². The van der Waals surface area contributed by atoms with Crippen LogP contribution in [0.1, 0.15) is 83.2 Å². The van der Waals surface area contributed by atoms with E-state index in [1.54, 1.807) is 0 Å². The molecule has 19 heavy (non-hydrogen) atoms. The molecule has 1 N–H and O–H groups in total. The third kappa shape index (κ3) is 4.13. The highest BCUT2D eigenvalue weighted by molar-refractivity contribution is 7.71. The minimum atomic E-state index is 0.104. The van der Waals surface area contributed by atoms with Crippen LogP contribution in [0.25, 0.3) is 0 Å². The molecule has 0 bridgehead atoms. The van der Waals surface area contributed by atoms with Gasteiger partial charge < -0.3 is 4.98 Å². The molecule has 1 fully saturated rings. The Morgan fingerprint density at radius 1 is 1.11 bits per heavy atom. The molecule has 0 radical (unpaired) electrons. The number of nitrogens with one attached hydrogen (secondary N) is 1. The summed E-state index contributed by atoms with van der Waals surface area (Å²) in [7, 11) is 0. The molecule has 2 rings (SSSR count). The monoisotopic (exact) mass is 278 g/mol. The number of nitrogens with zero attached hydrogens (tertiary/aromatic N) is 1. The number of aromatic amines is 1. The largest absolute Gasteiger partial charge is 0.346 e. The van der Waals surface area contributed by atoms with Crippen LogP contribution in [-0.4, -0.2) is 9.97 Å². The first-order valence-electron chi connectivity index (χ1n) is 7.58. The van der Waals surface area contributed by atoms with E-state index in [1.807, 2.05) is 6.07 Å². The molecule has 0 aromatic carbocycles. The van der Waals surface area contributed by atoms with Gasteiger partial charge in [-0.25, -0.2) is 4.98 Å². The molecule has 106 valence electrons. The summed E-state index contributed by atoms with van der Waals surface area (Å²) in [5.41, 5.74) is 1.32. The molecule has 0 unspecified atom stereocenters. The summed E-state index contributed by atoms with van der Waals surface area (Å²) in [5.74, 6) is 1.70. The summed E-state index contributed by atoms with van der Waals surface area (Å²) in [5, 5.41) is 0. The van der Waals surface area contributed by atoms with Gasteiger partial charge in [0.25, 0.3) is 0 Å². The van der Waals surface area contributed by atoms with Crippen molar-refractivity contribution in [2.24, 2.45) is 0 Å². The average molecular weight is 278 g/mol. The molecular weight excluding hydrogens is 252 g/mol. The molecule has 0 spiro atoms. The van der Waals surface area contributed by atoms with Gasteiger partial charge in [-0.05, 0) is 18.9 Å². The standard InChI is InChI=1S/C16H26N2S/c1-16(2,3)13-11-14(19)18-15(17-13)12-9-7-5-4-6-8-10-12/h11-12H,4-10H2,1-3H3,(H,17,18,19). The predicted octanol–water partition coefficient (Wildman–Crippen LogP) is 5.26. The number of hydrogen-bond donors (Lipinski definition) is 1. The van der Waals surface area contributed by atoms with E-state index in [4.69, 9.17) is 12.2 Å². The molecule has 2 nitrogen and oxygen atoms in total. The van der Waals surface area contributed by atoms with Crippen molar-refractivity contribution >= 4 is 12.2 Å². The van der Waals surface area contributed by atoms with Gasteiger partial charge in [0.05, 0.1) is 0 Å². The van der Waals surface area contributed by atoms with Crippen LogP contribution in [0, 0.1) is 4.64 Å². The summed E-state index contributed by atoms with van der Waals surface area (Å²) in [6.45, 7) is 6.65. The lowest BCUT2D eigenvalue weighted by Gasteiger charge is -2.23. The first-order chi connectivity index (χ1) is 8.97. The minimum Gasteiger partial charge on any atom is -0.346 e. The molecule has 1 aromatic heterocycles. The number of H-pyrrole nitrogens is 1. The van der Waals surface area contributed by atoms with Crippen molar-refractivity contribution in [3.8, 4) is 0 Å². The topological polar surface area (TPSA) is 28.7 Å². The maximum absolute atomic E-state index is 5.35. The van der Waals surface area contributed by atoms with Crippen molar-refractivity contribution in [2.75, 3.05) is 0 Å². The van der Waals surface area contributed by atoms with Crippen LogP contribution in [0.5, 0.6) is 0 Å². The van der Waals surface area contributed by atoms with Crippen molar-refractivity contribution in [1.29, 1.82) is 0 Å². The molecule has 0 amide bonds. The van der Waals surface area contributed by atoms with Gasteiger partial charge in [-0.3, -0.25) is 0 Å². The molecule has 1 saturated carbocycles. The van der Waals surface area contributed by atoms with E-state index in [1.165, 1.54) is 50.6 Å². The third-order valence-corrected chi connectivity index (χ3v) is 4.27. The zero-order valence-electron chi connectivity index (χ0n) is 12.5. The zero-order valence-corrected chi connectivity index (χ0v) is 13.3. The normalized spacial score (nSPS) is 18.9. The van der Waals surface area contributed by atoms with E-state index < -0.39 is 0 Å². The summed E-state index contributed by atoms with van der Waals surface area (Å²) >= 11 is 5.35. The van der Waals surface area contributed by atoms with Crippen molar-refractivity contribution in [2.45, 2.75) is 77.0 Å². The fourth-order valence-corrected chi connectivity index (χ4v) is 3.02. The molecular formula is C16H26N2S. The lowest BCUT2D eigenvalue weighted by atomic mass is 9.89. The van der Waals surface area contributed by atoms with Crippen molar-refractivity contribution in [3.05, 3.63) is 22.2 Å². The van der Waals surface area contributed by atoms with Crippen LogP contribution in [0.3, 0.4) is 0 Å². The summed E-state index contributed by atoms with van der Waals surface area (Å²) in [6, 6.07) is 2.02. The fraction of sp³-hybridized carbons (Fsp3) is 0.750. The Labute approximate surface area is 122 Å². The minimum absolute atomic E-state index is 0.104. The number of hydrogen-bond acceptors (Lipinski definition) is 2. The number of rotatable bonds is 1. The van der Waals surface area contributed by atoms with Gasteiger partial charge in [-0.15, -0.1) is 0 Å². The summed E-state index contributed by atoms with van der Waals surface area (Å²) < 4.78 is 0.737. The van der Waals surface area contributed by atoms with Crippen molar-refractivity contribution in [1.82, 2.24) is 9.97 Å². The van der Waals surface area contributed by atoms with Crippen LogP contribution in [-0.2, 0) is 5.41 Å². The Balaban J connectivity index is 2.27. The Morgan fingerprint density at radius 2 is 1.68 bits per heavy atom. The molecule has 1 heterocycles. The lowest BCUT2D eigenvalue weighted by molar-refractivity contribution is 0.437.